The van der Waals surface area contributed by atoms with Crippen molar-refractivity contribution in [2.75, 3.05) is 6.54 Å². The van der Waals surface area contributed by atoms with Crippen LogP contribution in [0.2, 0.25) is 0 Å². The van der Waals surface area contributed by atoms with Crippen molar-refractivity contribution in [1.82, 2.24) is 25.1 Å². The Labute approximate surface area is 128 Å². The van der Waals surface area contributed by atoms with Gasteiger partial charge in [0, 0.05) is 24.2 Å². The molecule has 114 valence electrons. The van der Waals surface area contributed by atoms with Gasteiger partial charge in [-0.25, -0.2) is 0 Å². The predicted octanol–water partition coefficient (Wildman–Crippen LogP) is 2.11. The van der Waals surface area contributed by atoms with Crippen LogP contribution in [-0.4, -0.2) is 32.2 Å². The second-order valence-electron chi connectivity index (χ2n) is 5.43. The Morgan fingerprint density at radius 2 is 2.14 bits per heavy atom. The molecule has 22 heavy (non-hydrogen) atoms. The summed E-state index contributed by atoms with van der Waals surface area (Å²) in [5.41, 5.74) is 3.85. The van der Waals surface area contributed by atoms with Crippen LogP contribution in [0, 0.1) is 20.8 Å². The van der Waals surface area contributed by atoms with Crippen molar-refractivity contribution in [3.63, 3.8) is 0 Å². The van der Waals surface area contributed by atoms with E-state index in [1.165, 1.54) is 5.56 Å². The molecule has 0 atom stereocenters. The number of amides is 1. The molecule has 3 rings (SSSR count). The van der Waals surface area contributed by atoms with Crippen molar-refractivity contribution in [1.29, 1.82) is 0 Å². The monoisotopic (exact) mass is 297 g/mol. The van der Waals surface area contributed by atoms with Gasteiger partial charge in [0.1, 0.15) is 12.2 Å². The summed E-state index contributed by atoms with van der Waals surface area (Å²) >= 11 is 0. The minimum atomic E-state index is -0.0717. The first-order valence-corrected chi connectivity index (χ1v) is 7.28. The zero-order valence-electron chi connectivity index (χ0n) is 13.0. The third kappa shape index (κ3) is 2.47. The van der Waals surface area contributed by atoms with Gasteiger partial charge in [0.25, 0.3) is 5.91 Å². The van der Waals surface area contributed by atoms with E-state index >= 15 is 0 Å². The Bertz CT molecular complexity index is 830. The molecule has 6 heteroatoms. The van der Waals surface area contributed by atoms with Crippen molar-refractivity contribution < 1.29 is 4.79 Å². The van der Waals surface area contributed by atoms with Crippen LogP contribution in [0.1, 0.15) is 27.4 Å². The van der Waals surface area contributed by atoms with Crippen molar-refractivity contribution in [3.8, 4) is 0 Å². The third-order valence-corrected chi connectivity index (χ3v) is 4.04. The fourth-order valence-corrected chi connectivity index (χ4v) is 2.59. The van der Waals surface area contributed by atoms with E-state index < -0.39 is 0 Å². The number of hydrogen-bond donors (Lipinski definition) is 2. The van der Waals surface area contributed by atoms with Gasteiger partial charge in [-0.3, -0.25) is 4.79 Å². The molecule has 1 amide bonds. The Morgan fingerprint density at radius 1 is 1.32 bits per heavy atom. The molecule has 1 aromatic carbocycles. The van der Waals surface area contributed by atoms with E-state index in [1.807, 2.05) is 36.6 Å². The molecular weight excluding hydrogens is 278 g/mol. The van der Waals surface area contributed by atoms with Gasteiger partial charge >= 0.3 is 0 Å². The Kier molecular flexibility index (Phi) is 3.66. The van der Waals surface area contributed by atoms with E-state index in [4.69, 9.17) is 0 Å². The molecular formula is C16H19N5O. The van der Waals surface area contributed by atoms with Gasteiger partial charge in [-0.1, -0.05) is 12.1 Å². The minimum Gasteiger partial charge on any atom is -0.358 e. The number of benzene rings is 1. The predicted molar refractivity (Wildman–Crippen MR) is 84.9 cm³/mol. The van der Waals surface area contributed by atoms with Crippen molar-refractivity contribution in [2.45, 2.75) is 27.3 Å². The van der Waals surface area contributed by atoms with Crippen LogP contribution in [0.15, 0.2) is 24.5 Å². The maximum atomic E-state index is 12.4. The quantitative estimate of drug-likeness (QED) is 0.774. The molecule has 0 saturated carbocycles. The molecule has 0 saturated heterocycles. The molecule has 2 aromatic heterocycles. The number of fused-ring (bicyclic) bond motifs is 1. The van der Waals surface area contributed by atoms with Gasteiger partial charge in [-0.15, -0.1) is 10.2 Å². The number of aromatic nitrogens is 4. The molecule has 2 N–H and O–H groups in total. The average molecular weight is 297 g/mol. The molecule has 2 heterocycles. The smallest absolute Gasteiger partial charge is 0.253 e. The zero-order valence-corrected chi connectivity index (χ0v) is 13.0. The summed E-state index contributed by atoms with van der Waals surface area (Å²) in [5.74, 6) is 0.768. The molecule has 0 unspecified atom stereocenters. The van der Waals surface area contributed by atoms with Gasteiger partial charge < -0.3 is 14.9 Å². The Balaban J connectivity index is 1.75. The average Bonchev–Trinajstić information content (AvgIpc) is 3.03. The summed E-state index contributed by atoms with van der Waals surface area (Å²) in [5, 5.41) is 11.8. The standard InChI is InChI=1S/C16H19N5O/c1-10-11(2)19-15-13(10)5-4-6-14(15)16(22)17-7-8-21-9-18-20-12(21)3/h4-6,9,19H,7-8H2,1-3H3,(H,17,22). The molecule has 0 spiro atoms. The maximum absolute atomic E-state index is 12.4. The van der Waals surface area contributed by atoms with Crippen LogP contribution in [0.3, 0.4) is 0 Å². The van der Waals surface area contributed by atoms with Crippen molar-refractivity contribution in [2.24, 2.45) is 0 Å². The highest BCUT2D eigenvalue weighted by Crippen LogP contribution is 2.24. The van der Waals surface area contributed by atoms with Gasteiger partial charge in [0.05, 0.1) is 11.1 Å². The summed E-state index contributed by atoms with van der Waals surface area (Å²) in [6.45, 7) is 7.16. The van der Waals surface area contributed by atoms with Gasteiger partial charge in [-0.05, 0) is 32.4 Å². The third-order valence-electron chi connectivity index (χ3n) is 4.04. The number of carbonyl (C=O) groups excluding carboxylic acids is 1. The van der Waals surface area contributed by atoms with Gasteiger partial charge in [0.2, 0.25) is 0 Å². The highest BCUT2D eigenvalue weighted by atomic mass is 16.1. The number of nitrogens with zero attached hydrogens (tertiary/aromatic N) is 3. The summed E-state index contributed by atoms with van der Waals surface area (Å²) in [6.07, 6.45) is 1.67. The van der Waals surface area contributed by atoms with Crippen LogP contribution in [0.5, 0.6) is 0 Å². The molecule has 0 bridgehead atoms. The maximum Gasteiger partial charge on any atom is 0.253 e. The molecule has 0 fully saturated rings. The molecule has 3 aromatic rings. The summed E-state index contributed by atoms with van der Waals surface area (Å²) in [4.78, 5) is 15.7. The molecule has 0 aliphatic carbocycles. The second-order valence-corrected chi connectivity index (χ2v) is 5.43. The molecule has 0 radical (unpaired) electrons. The number of nitrogens with one attached hydrogen (secondary N) is 2. The van der Waals surface area contributed by atoms with Crippen LogP contribution in [0.4, 0.5) is 0 Å². The van der Waals surface area contributed by atoms with E-state index in [2.05, 4.69) is 27.4 Å². The normalized spacial score (nSPS) is 11.0. The molecule has 6 nitrogen and oxygen atoms in total. The summed E-state index contributed by atoms with van der Waals surface area (Å²) in [6, 6.07) is 5.80. The van der Waals surface area contributed by atoms with Crippen LogP contribution in [-0.2, 0) is 6.54 Å². The fraction of sp³-hybridized carbons (Fsp3) is 0.312. The summed E-state index contributed by atoms with van der Waals surface area (Å²) in [7, 11) is 0. The number of para-hydroxylation sites is 1. The van der Waals surface area contributed by atoms with E-state index in [0.29, 0.717) is 18.7 Å². The van der Waals surface area contributed by atoms with Gasteiger partial charge in [0.15, 0.2) is 0 Å². The lowest BCUT2D eigenvalue weighted by Gasteiger charge is -2.07. The van der Waals surface area contributed by atoms with E-state index in [0.717, 1.165) is 22.4 Å². The van der Waals surface area contributed by atoms with Crippen LogP contribution < -0.4 is 5.32 Å². The highest BCUT2D eigenvalue weighted by Gasteiger charge is 2.13. The molecule has 0 aliphatic rings. The number of rotatable bonds is 4. The molecule has 0 aliphatic heterocycles. The van der Waals surface area contributed by atoms with Crippen molar-refractivity contribution >= 4 is 16.8 Å². The number of hydrogen-bond acceptors (Lipinski definition) is 3. The van der Waals surface area contributed by atoms with Crippen molar-refractivity contribution in [3.05, 3.63) is 47.2 Å². The number of carbonyl (C=O) groups is 1. The zero-order chi connectivity index (χ0) is 15.7. The number of aryl methyl sites for hydroxylation is 3. The number of H-pyrrole nitrogens is 1. The lowest BCUT2D eigenvalue weighted by Crippen LogP contribution is -2.27. The largest absolute Gasteiger partial charge is 0.358 e. The topological polar surface area (TPSA) is 75.6 Å². The fourth-order valence-electron chi connectivity index (χ4n) is 2.59. The highest BCUT2D eigenvalue weighted by molar-refractivity contribution is 6.06. The Hall–Kier alpha value is -2.63. The first kappa shape index (κ1) is 14.3. The van der Waals surface area contributed by atoms with E-state index in [9.17, 15) is 4.79 Å². The SMILES string of the molecule is Cc1[nH]c2c(C(=O)NCCn3cnnc3C)cccc2c1C. The summed E-state index contributed by atoms with van der Waals surface area (Å²) < 4.78 is 1.91. The van der Waals surface area contributed by atoms with E-state index in [-0.39, 0.29) is 5.91 Å². The van der Waals surface area contributed by atoms with E-state index in [1.54, 1.807) is 6.33 Å². The second kappa shape index (κ2) is 5.63. The minimum absolute atomic E-state index is 0.0717. The van der Waals surface area contributed by atoms with Gasteiger partial charge in [-0.2, -0.15) is 0 Å². The lowest BCUT2D eigenvalue weighted by molar-refractivity contribution is 0.0953. The van der Waals surface area contributed by atoms with Crippen LogP contribution in [0.25, 0.3) is 10.9 Å². The first-order valence-electron chi connectivity index (χ1n) is 7.28. The van der Waals surface area contributed by atoms with Crippen LogP contribution >= 0.6 is 0 Å². The number of aromatic amines is 1. The Morgan fingerprint density at radius 3 is 2.86 bits per heavy atom. The lowest BCUT2D eigenvalue weighted by atomic mass is 10.1. The first-order chi connectivity index (χ1) is 10.6.